The van der Waals surface area contributed by atoms with Gasteiger partial charge in [-0.15, -0.1) is 34.8 Å². The van der Waals surface area contributed by atoms with Crippen LogP contribution in [0.4, 0.5) is 0 Å². The summed E-state index contributed by atoms with van der Waals surface area (Å²) in [5.74, 6) is -6.04. The van der Waals surface area contributed by atoms with Crippen molar-refractivity contribution in [2.24, 2.45) is 85.5 Å². The van der Waals surface area contributed by atoms with E-state index in [0.29, 0.717) is 29.1 Å². The maximum absolute atomic E-state index is 13.4. The van der Waals surface area contributed by atoms with Crippen LogP contribution in [0.3, 0.4) is 0 Å². The van der Waals surface area contributed by atoms with Crippen LogP contribution >= 0.6 is 0 Å². The fraction of sp³-hybridized carbons (Fsp3) is 0.711. The van der Waals surface area contributed by atoms with E-state index < -0.39 is 110 Å². The number of allylic oxidation sites excluding steroid dienone is 3. The average Bonchev–Trinajstić information content (AvgIpc) is 3.75. The first-order valence-corrected chi connectivity index (χ1v) is 22.0. The summed E-state index contributed by atoms with van der Waals surface area (Å²) in [5, 5.41) is 22.1. The SMILES string of the molecule is C/C1=C2/[N-][C@H]([C@H](CC(N)=O)[C@@]2(C)CCC(N)=O)[C@]2(C)[N-]C(/C(C)=C3\[N-]C(/C=C4\[N-]C1[C@@H](CCC(N)=O)C4(C)C)[C@@H](CCC(N)=O)[C@]3(C)CC(N)=O)[C@@H](CCC(N)=O)[C@]2(C)CC(N)=O.[Co]. The second kappa shape index (κ2) is 18.7. The minimum absolute atomic E-state index is 0. The summed E-state index contributed by atoms with van der Waals surface area (Å²) < 4.78 is 0. The molecule has 12 atom stereocenters. The van der Waals surface area contributed by atoms with Gasteiger partial charge in [0.1, 0.15) is 0 Å². The molecule has 0 aromatic carbocycles. The van der Waals surface area contributed by atoms with Gasteiger partial charge in [-0.2, -0.15) is 17.1 Å². The summed E-state index contributed by atoms with van der Waals surface area (Å²) in [4.78, 5) is 89.9. The summed E-state index contributed by atoms with van der Waals surface area (Å²) in [7, 11) is 0. The molecular weight excluding hydrogens is 865 g/mol. The minimum Gasteiger partial charge on any atom is -0.685 e. The van der Waals surface area contributed by atoms with Gasteiger partial charge in [0.15, 0.2) is 0 Å². The zero-order valence-corrected chi connectivity index (χ0v) is 39.5. The Morgan fingerprint density at radius 1 is 0.547 bits per heavy atom. The summed E-state index contributed by atoms with van der Waals surface area (Å²) in [6, 6.07) is -2.84. The van der Waals surface area contributed by atoms with Crippen LogP contribution in [0.1, 0.15) is 126 Å². The fourth-order valence-corrected chi connectivity index (χ4v) is 12.6. The topological polar surface area (TPSA) is 358 Å². The smallest absolute Gasteiger partial charge is 0.218 e. The average molecular weight is 935 g/mol. The molecule has 3 unspecified atom stereocenters. The molecule has 5 aliphatic heterocycles. The second-order valence-corrected chi connectivity index (χ2v) is 20.4. The van der Waals surface area contributed by atoms with E-state index in [2.05, 4.69) is 0 Å². The molecule has 359 valence electrons. The first kappa shape index (κ1) is 52.0. The van der Waals surface area contributed by atoms with Crippen molar-refractivity contribution in [3.05, 3.63) is 55.6 Å². The van der Waals surface area contributed by atoms with Gasteiger partial charge in [-0.1, -0.05) is 53.6 Å². The van der Waals surface area contributed by atoms with E-state index in [4.69, 9.17) is 61.4 Å². The van der Waals surface area contributed by atoms with E-state index in [1.165, 1.54) is 0 Å². The fourth-order valence-electron chi connectivity index (χ4n) is 12.6. The molecule has 7 amide bonds. The van der Waals surface area contributed by atoms with Gasteiger partial charge >= 0.3 is 0 Å². The number of carbonyl (C=O) groups is 7. The first-order chi connectivity index (χ1) is 29.0. The molecule has 1 radical (unpaired) electrons. The van der Waals surface area contributed by atoms with Crippen molar-refractivity contribution < 1.29 is 50.3 Å². The Morgan fingerprint density at radius 3 is 1.53 bits per heavy atom. The second-order valence-electron chi connectivity index (χ2n) is 20.4. The van der Waals surface area contributed by atoms with Crippen LogP contribution in [-0.2, 0) is 50.3 Å². The van der Waals surface area contributed by atoms with Gasteiger partial charge in [-0.25, -0.2) is 0 Å². The molecule has 0 aliphatic carbocycles. The number of nitrogens with zero attached hydrogens (tertiary/aromatic N) is 4. The Morgan fingerprint density at radius 2 is 1.03 bits per heavy atom. The summed E-state index contributed by atoms with van der Waals surface area (Å²) in [5.41, 5.74) is 39.4. The third-order valence-electron chi connectivity index (χ3n) is 16.1. The Bertz CT molecular complexity index is 2040. The molecule has 5 aliphatic rings. The number of nitrogens with two attached hydrogens (primary N) is 7. The standard InChI is InChI=1S/C45H69N11O7.Co/c1-21-36-24(10-13-30(47)58)41(3,4)28(54-36)18-27-23(9-12-29(46)57)43(6,19-34(51)62)39(53-27)22(2)37-25(11-14-31(48)59)44(7,20-35(52)63)45(8,56-37)40-26(17-33(50)61)42(5,38(21)55-40)16-15-32(49)60;/h18,23-27,36-37,40H,9-17,19-20H2,1-8H3,(H2,46,57)(H2,47,58)(H2,48,59)(H2,49,60)(H2,50,61)(H2,51,62)(H2,52,63);/q-4;/b28-18-,38-21-,39-22-;/t23-,24-,25-,26+,27?,36?,37?,40-,42-,43+,44+,45+;/m1./s1. The molecule has 0 spiro atoms. The van der Waals surface area contributed by atoms with Crippen LogP contribution in [0.15, 0.2) is 34.3 Å². The summed E-state index contributed by atoms with van der Waals surface area (Å²) in [6.07, 6.45) is 2.38. The molecule has 4 saturated heterocycles. The summed E-state index contributed by atoms with van der Waals surface area (Å²) in [6.45, 7) is 15.5. The zero-order chi connectivity index (χ0) is 47.4. The van der Waals surface area contributed by atoms with Crippen LogP contribution in [0, 0.1) is 45.3 Å². The van der Waals surface area contributed by atoms with E-state index in [-0.39, 0.29) is 86.9 Å². The quantitative estimate of drug-likeness (QED) is 0.107. The van der Waals surface area contributed by atoms with Gasteiger partial charge in [0.2, 0.25) is 41.4 Å². The molecule has 14 N–H and O–H groups in total. The van der Waals surface area contributed by atoms with Gasteiger partial charge in [0.25, 0.3) is 0 Å². The number of hydrogen-bond acceptors (Lipinski definition) is 7. The maximum atomic E-state index is 13.4. The molecule has 5 heterocycles. The molecule has 0 aromatic rings. The van der Waals surface area contributed by atoms with Crippen molar-refractivity contribution in [1.82, 2.24) is 0 Å². The minimum atomic E-state index is -1.32. The first-order valence-electron chi connectivity index (χ1n) is 22.0. The van der Waals surface area contributed by atoms with Gasteiger partial charge in [-0.05, 0) is 84.9 Å². The number of hydrogen-bond donors (Lipinski definition) is 7. The molecule has 5 rings (SSSR count). The van der Waals surface area contributed by atoms with Crippen LogP contribution in [0.25, 0.3) is 21.3 Å². The third-order valence-corrected chi connectivity index (χ3v) is 16.1. The number of fused-ring (bicyclic) bond motifs is 9. The number of amides is 7. The number of rotatable bonds is 18. The van der Waals surface area contributed by atoms with Crippen LogP contribution in [-0.4, -0.2) is 71.1 Å². The van der Waals surface area contributed by atoms with Crippen LogP contribution in [0.5, 0.6) is 0 Å². The molecule has 4 fully saturated rings. The van der Waals surface area contributed by atoms with Gasteiger partial charge in [0.05, 0.1) is 0 Å². The van der Waals surface area contributed by atoms with Crippen molar-refractivity contribution in [1.29, 1.82) is 0 Å². The molecule has 8 bridgehead atoms. The monoisotopic (exact) mass is 934 g/mol. The largest absolute Gasteiger partial charge is 0.685 e. The number of carbonyl (C=O) groups excluding carboxylic acids is 7. The van der Waals surface area contributed by atoms with Crippen molar-refractivity contribution in [3.63, 3.8) is 0 Å². The van der Waals surface area contributed by atoms with Gasteiger partial charge < -0.3 is 61.4 Å². The molecule has 64 heavy (non-hydrogen) atoms. The van der Waals surface area contributed by atoms with Gasteiger partial charge in [0, 0.05) is 61.7 Å². The predicted octanol–water partition coefficient (Wildman–Crippen LogP) is 3.41. The maximum Gasteiger partial charge on any atom is 0.218 e. The zero-order valence-electron chi connectivity index (χ0n) is 38.5. The van der Waals surface area contributed by atoms with Crippen molar-refractivity contribution in [3.8, 4) is 0 Å². The normalized spacial score (nSPS) is 39.1. The Hall–Kier alpha value is -4.62. The Labute approximate surface area is 387 Å². The van der Waals surface area contributed by atoms with Crippen LogP contribution in [0.2, 0.25) is 0 Å². The predicted molar refractivity (Wildman–Crippen MR) is 238 cm³/mol. The molecule has 19 heteroatoms. The van der Waals surface area contributed by atoms with E-state index in [1.807, 2.05) is 61.5 Å². The molecule has 0 saturated carbocycles. The third kappa shape index (κ3) is 9.25. The van der Waals surface area contributed by atoms with Gasteiger partial charge in [-0.3, -0.25) is 33.6 Å². The Balaban J connectivity index is 0.00000898. The van der Waals surface area contributed by atoms with Crippen molar-refractivity contribution >= 4 is 41.4 Å². The number of primary amides is 7. The molecular formula is C45H69CoN11O7-4. The molecule has 0 aromatic heterocycles. The Kier molecular flexibility index (Phi) is 15.2. The summed E-state index contributed by atoms with van der Waals surface area (Å²) >= 11 is 0. The molecule has 18 nitrogen and oxygen atoms in total. The van der Waals surface area contributed by atoms with E-state index >= 15 is 0 Å². The van der Waals surface area contributed by atoms with Crippen LogP contribution < -0.4 is 40.1 Å². The van der Waals surface area contributed by atoms with Crippen molar-refractivity contribution in [2.75, 3.05) is 0 Å². The van der Waals surface area contributed by atoms with E-state index in [0.717, 1.165) is 5.57 Å². The van der Waals surface area contributed by atoms with Crippen molar-refractivity contribution in [2.45, 2.75) is 156 Å². The van der Waals surface area contributed by atoms with E-state index in [9.17, 15) is 33.6 Å². The van der Waals surface area contributed by atoms with E-state index in [1.54, 1.807) is 0 Å².